The molecule has 2 unspecified atom stereocenters. The van der Waals surface area contributed by atoms with Crippen LogP contribution in [0.4, 0.5) is 5.69 Å². The Morgan fingerprint density at radius 2 is 1.63 bits per heavy atom. The van der Waals surface area contributed by atoms with Gasteiger partial charge in [-0.2, -0.15) is 0 Å². The Bertz CT molecular complexity index is 1430. The molecule has 0 radical (unpaired) electrons. The zero-order chi connectivity index (χ0) is 33.4. The summed E-state index contributed by atoms with van der Waals surface area (Å²) in [5.74, 6) is 0.203. The van der Waals surface area contributed by atoms with E-state index in [0.29, 0.717) is 30.6 Å². The van der Waals surface area contributed by atoms with E-state index in [2.05, 4.69) is 59.9 Å². The van der Waals surface area contributed by atoms with E-state index in [1.807, 2.05) is 31.2 Å². The van der Waals surface area contributed by atoms with Gasteiger partial charge < -0.3 is 15.2 Å². The van der Waals surface area contributed by atoms with E-state index in [1.54, 1.807) is 0 Å². The largest absolute Gasteiger partial charge is 0.481 e. The third-order valence-electron chi connectivity index (χ3n) is 15.1. The maximum absolute atomic E-state index is 14.9. The topological polar surface area (TPSA) is 92.7 Å². The van der Waals surface area contributed by atoms with Crippen LogP contribution in [-0.4, -0.2) is 35.5 Å². The number of aryl methyl sites for hydroxylation is 1. The number of esters is 1. The minimum atomic E-state index is -0.799. The van der Waals surface area contributed by atoms with Gasteiger partial charge in [-0.15, -0.1) is 0 Å². The van der Waals surface area contributed by atoms with E-state index >= 15 is 0 Å². The number of aliphatic carboxylic acids is 1. The summed E-state index contributed by atoms with van der Waals surface area (Å²) in [5, 5.41) is 13.3. The molecule has 1 aromatic rings. The number of carboxylic acid groups (broad SMARTS) is 1. The highest BCUT2D eigenvalue weighted by Gasteiger charge is 2.72. The van der Waals surface area contributed by atoms with Gasteiger partial charge in [0.2, 0.25) is 0 Å². The third-order valence-corrected chi connectivity index (χ3v) is 15.1. The van der Waals surface area contributed by atoms with Crippen LogP contribution in [0.3, 0.4) is 0 Å². The van der Waals surface area contributed by atoms with Gasteiger partial charge in [-0.1, -0.05) is 71.7 Å². The Balaban J connectivity index is 1.39. The van der Waals surface area contributed by atoms with Crippen molar-refractivity contribution in [2.45, 2.75) is 119 Å². The molecular weight excluding hydrogens is 574 g/mol. The molecule has 1 aromatic carbocycles. The lowest BCUT2D eigenvalue weighted by molar-refractivity contribution is -0.229. The Hall–Kier alpha value is -2.63. The molecule has 5 aliphatic rings. The highest BCUT2D eigenvalue weighted by Crippen LogP contribution is 2.75. The first-order valence-corrected chi connectivity index (χ1v) is 18.0. The van der Waals surface area contributed by atoms with Crippen molar-refractivity contribution in [2.24, 2.45) is 56.7 Å². The van der Waals surface area contributed by atoms with Gasteiger partial charge >= 0.3 is 11.9 Å². The van der Waals surface area contributed by atoms with Gasteiger partial charge in [-0.05, 0) is 122 Å². The van der Waals surface area contributed by atoms with E-state index in [1.165, 1.54) is 24.8 Å². The number of hydrogen-bond donors (Lipinski definition) is 2. The second-order valence-electron chi connectivity index (χ2n) is 17.6. The number of carboxylic acids is 1. The molecule has 4 saturated carbocycles. The van der Waals surface area contributed by atoms with Crippen LogP contribution in [0.25, 0.3) is 0 Å². The number of nitrogens with one attached hydrogen (secondary N) is 1. The highest BCUT2D eigenvalue weighted by molar-refractivity contribution is 5.96. The number of ketones is 1. The summed E-state index contributed by atoms with van der Waals surface area (Å²) in [6.45, 7) is 18.4. The molecule has 0 heterocycles. The average molecular weight is 632 g/mol. The monoisotopic (exact) mass is 631 g/mol. The van der Waals surface area contributed by atoms with Crippen molar-refractivity contribution in [3.05, 3.63) is 41.5 Å². The fourth-order valence-corrected chi connectivity index (χ4v) is 12.2. The van der Waals surface area contributed by atoms with Crippen molar-refractivity contribution in [3.63, 3.8) is 0 Å². The Kier molecular flexibility index (Phi) is 8.12. The molecule has 0 aliphatic heterocycles. The Morgan fingerprint density at radius 1 is 0.935 bits per heavy atom. The summed E-state index contributed by atoms with van der Waals surface area (Å²) in [4.78, 5) is 40.7. The molecule has 6 heteroatoms. The number of ether oxygens (including phenoxy) is 1. The van der Waals surface area contributed by atoms with Crippen LogP contribution < -0.4 is 5.32 Å². The molecule has 252 valence electrons. The molecule has 0 saturated heterocycles. The lowest BCUT2D eigenvalue weighted by Crippen LogP contribution is -2.69. The van der Waals surface area contributed by atoms with E-state index in [9.17, 15) is 19.5 Å². The van der Waals surface area contributed by atoms with Gasteiger partial charge in [0, 0.05) is 17.0 Å². The second kappa shape index (κ2) is 11.2. The molecule has 2 N–H and O–H groups in total. The minimum absolute atomic E-state index is 0.0423. The molecule has 6 rings (SSSR count). The predicted octanol–water partition coefficient (Wildman–Crippen LogP) is 8.63. The van der Waals surface area contributed by atoms with Crippen LogP contribution >= 0.6 is 0 Å². The molecule has 46 heavy (non-hydrogen) atoms. The van der Waals surface area contributed by atoms with E-state index in [-0.39, 0.29) is 52.8 Å². The third kappa shape index (κ3) is 4.89. The fraction of sp³-hybridized carbons (Fsp3) is 0.725. The van der Waals surface area contributed by atoms with Gasteiger partial charge in [0.25, 0.3) is 0 Å². The number of rotatable bonds is 6. The normalized spacial score (nSPS) is 44.9. The lowest BCUT2D eigenvalue weighted by atomic mass is 9.33. The number of carbonyl (C=O) groups is 3. The maximum Gasteiger partial charge on any atom is 0.325 e. The van der Waals surface area contributed by atoms with Crippen LogP contribution in [0, 0.1) is 63.6 Å². The molecule has 5 aliphatic carbocycles. The van der Waals surface area contributed by atoms with Crippen molar-refractivity contribution in [3.8, 4) is 0 Å². The van der Waals surface area contributed by atoms with Crippen LogP contribution in [0.2, 0.25) is 0 Å². The van der Waals surface area contributed by atoms with Gasteiger partial charge in [-0.3, -0.25) is 14.4 Å². The SMILES string of the molecule is Cc1ccc(NCC(=O)OC2CCC(C)(CC(=O)O)[C@@H]3CC[C@]4(C)[C@H](C(=O)C=C5[C@@H]6[C@@H](C)[C@H](C)CC[C@]6(C)CC[C@]54C)[C@@]23C)cc1. The summed E-state index contributed by atoms with van der Waals surface area (Å²) in [6.07, 6.45) is 9.32. The first-order valence-electron chi connectivity index (χ1n) is 18.0. The second-order valence-corrected chi connectivity index (χ2v) is 17.6. The van der Waals surface area contributed by atoms with Crippen molar-refractivity contribution in [1.29, 1.82) is 0 Å². The molecule has 0 amide bonds. The van der Waals surface area contributed by atoms with Gasteiger partial charge in [0.1, 0.15) is 12.6 Å². The van der Waals surface area contributed by atoms with E-state index < -0.39 is 22.9 Å². The molecule has 11 atom stereocenters. The fourth-order valence-electron chi connectivity index (χ4n) is 12.2. The number of carbonyl (C=O) groups excluding carboxylic acids is 2. The molecule has 0 spiro atoms. The van der Waals surface area contributed by atoms with Crippen LogP contribution in [0.1, 0.15) is 112 Å². The number of anilines is 1. The first kappa shape index (κ1) is 33.3. The Labute approximate surface area is 276 Å². The minimum Gasteiger partial charge on any atom is -0.481 e. The summed E-state index contributed by atoms with van der Waals surface area (Å²) >= 11 is 0. The Morgan fingerprint density at radius 3 is 2.30 bits per heavy atom. The maximum atomic E-state index is 14.9. The predicted molar refractivity (Wildman–Crippen MR) is 181 cm³/mol. The summed E-state index contributed by atoms with van der Waals surface area (Å²) in [6, 6.07) is 7.93. The van der Waals surface area contributed by atoms with Crippen molar-refractivity contribution >= 4 is 23.4 Å². The van der Waals surface area contributed by atoms with E-state index in [0.717, 1.165) is 30.5 Å². The summed E-state index contributed by atoms with van der Waals surface area (Å²) in [5.41, 5.74) is 2.00. The lowest BCUT2D eigenvalue weighted by Gasteiger charge is -2.71. The zero-order valence-corrected chi connectivity index (χ0v) is 29.5. The number of benzene rings is 1. The van der Waals surface area contributed by atoms with Crippen LogP contribution in [0.15, 0.2) is 35.9 Å². The summed E-state index contributed by atoms with van der Waals surface area (Å²) in [7, 11) is 0. The zero-order valence-electron chi connectivity index (χ0n) is 29.5. The molecule has 0 bridgehead atoms. The average Bonchev–Trinajstić information content (AvgIpc) is 2.97. The molecule has 0 aromatic heterocycles. The molecular formula is C40H57NO5. The van der Waals surface area contributed by atoms with E-state index in [4.69, 9.17) is 4.74 Å². The van der Waals surface area contributed by atoms with Crippen molar-refractivity contribution < 1.29 is 24.2 Å². The van der Waals surface area contributed by atoms with Crippen molar-refractivity contribution in [2.75, 3.05) is 11.9 Å². The van der Waals surface area contributed by atoms with Crippen LogP contribution in [0.5, 0.6) is 0 Å². The van der Waals surface area contributed by atoms with Gasteiger partial charge in [0.15, 0.2) is 5.78 Å². The molecule has 4 fully saturated rings. The van der Waals surface area contributed by atoms with Gasteiger partial charge in [0.05, 0.1) is 6.42 Å². The number of hydrogen-bond acceptors (Lipinski definition) is 5. The van der Waals surface area contributed by atoms with Gasteiger partial charge in [-0.25, -0.2) is 0 Å². The highest BCUT2D eigenvalue weighted by atomic mass is 16.5. The smallest absolute Gasteiger partial charge is 0.325 e. The molecule has 6 nitrogen and oxygen atoms in total. The summed E-state index contributed by atoms with van der Waals surface area (Å²) < 4.78 is 6.43. The first-order chi connectivity index (χ1) is 21.5. The number of allylic oxidation sites excluding steroid dienone is 2. The number of fused-ring (bicyclic) bond motifs is 7. The standard InChI is InChI=1S/C40H57NO5/c1-24-9-11-27(12-10-24)41-23-33(45)46-31-15-17-37(5,22-32(43)44)30-14-18-39(7)35(40(30,31)8)29(42)21-28-34-26(3)25(2)13-16-36(34,4)19-20-38(28,39)6/h9-12,21,25-26,30-31,34-35,41H,13-20,22-23H2,1-8H3,(H,43,44)/t25-,26+,30+,31?,34+,35+,36-,37?,38-,39-,40-/m1/s1. The van der Waals surface area contributed by atoms with Crippen molar-refractivity contribution in [1.82, 2.24) is 0 Å². The van der Waals surface area contributed by atoms with Crippen LogP contribution in [-0.2, 0) is 19.1 Å². The quantitative estimate of drug-likeness (QED) is 0.305.